The molecule has 0 atom stereocenters. The number of rotatable bonds is 2. The zero-order chi connectivity index (χ0) is 13.4. The van der Waals surface area contributed by atoms with E-state index in [1.807, 2.05) is 19.2 Å². The molecule has 1 aliphatic carbocycles. The summed E-state index contributed by atoms with van der Waals surface area (Å²) in [5, 5.41) is 0. The van der Waals surface area contributed by atoms with Crippen LogP contribution in [0.3, 0.4) is 0 Å². The number of carbonyl (C=O) groups is 1. The van der Waals surface area contributed by atoms with Crippen LogP contribution in [0, 0.1) is 0 Å². The number of ketones is 1. The van der Waals surface area contributed by atoms with Crippen LogP contribution >= 0.6 is 0 Å². The average Bonchev–Trinajstić information content (AvgIpc) is 2.77. The molecule has 100 valence electrons. The van der Waals surface area contributed by atoms with Crippen LogP contribution in [0.25, 0.3) is 11.1 Å². The van der Waals surface area contributed by atoms with Gasteiger partial charge in [0.1, 0.15) is 5.78 Å². The van der Waals surface area contributed by atoms with Crippen molar-refractivity contribution in [1.29, 1.82) is 0 Å². The van der Waals surface area contributed by atoms with Gasteiger partial charge in [0.05, 0.1) is 5.52 Å². The normalized spacial score (nSPS) is 17.0. The Balaban J connectivity index is 1.86. The molecule has 3 rings (SSSR count). The number of hydrogen-bond acceptors (Lipinski definition) is 4. The summed E-state index contributed by atoms with van der Waals surface area (Å²) >= 11 is 0. The number of H-pyrrole nitrogens is 1. The van der Waals surface area contributed by atoms with Gasteiger partial charge in [-0.2, -0.15) is 0 Å². The summed E-state index contributed by atoms with van der Waals surface area (Å²) in [6, 6.07) is 6.04. The van der Waals surface area contributed by atoms with Crippen molar-refractivity contribution in [2.45, 2.75) is 31.7 Å². The largest absolute Gasteiger partial charge is 0.417 e. The van der Waals surface area contributed by atoms with E-state index < -0.39 is 5.76 Å². The Hall–Kier alpha value is -2.04. The van der Waals surface area contributed by atoms with Crippen LogP contribution in [0.15, 0.2) is 27.4 Å². The van der Waals surface area contributed by atoms with Crippen LogP contribution in [-0.2, 0) is 4.79 Å². The highest BCUT2D eigenvalue weighted by Gasteiger charge is 2.22. The molecule has 1 aliphatic rings. The Kier molecular flexibility index (Phi) is 2.89. The van der Waals surface area contributed by atoms with Gasteiger partial charge in [0.2, 0.25) is 0 Å². The number of nitrogens with zero attached hydrogens (tertiary/aromatic N) is 1. The van der Waals surface area contributed by atoms with E-state index >= 15 is 0 Å². The molecule has 1 aromatic heterocycles. The molecule has 1 fully saturated rings. The quantitative estimate of drug-likeness (QED) is 0.897. The maximum absolute atomic E-state index is 11.3. The van der Waals surface area contributed by atoms with Crippen molar-refractivity contribution in [3.63, 3.8) is 0 Å². The number of aromatic amines is 1. The Morgan fingerprint density at radius 1 is 1.26 bits per heavy atom. The first-order chi connectivity index (χ1) is 9.13. The number of benzene rings is 1. The minimum Gasteiger partial charge on any atom is -0.408 e. The van der Waals surface area contributed by atoms with Crippen molar-refractivity contribution in [2.75, 3.05) is 11.9 Å². The van der Waals surface area contributed by atoms with E-state index in [0.717, 1.165) is 18.5 Å². The van der Waals surface area contributed by atoms with Gasteiger partial charge in [0, 0.05) is 31.6 Å². The smallest absolute Gasteiger partial charge is 0.408 e. The zero-order valence-electron chi connectivity index (χ0n) is 10.8. The number of Topliss-reactive ketones (excluding diaryl/α,β-unsaturated/α-hetero) is 1. The third-order valence-corrected chi connectivity index (χ3v) is 3.87. The number of oxazole rings is 1. The summed E-state index contributed by atoms with van der Waals surface area (Å²) in [7, 11) is 2.03. The number of anilines is 1. The molecule has 19 heavy (non-hydrogen) atoms. The number of nitrogens with one attached hydrogen (secondary N) is 1. The number of hydrogen-bond donors (Lipinski definition) is 1. The molecule has 0 amide bonds. The monoisotopic (exact) mass is 260 g/mol. The fraction of sp³-hybridized carbons (Fsp3) is 0.429. The molecule has 1 N–H and O–H groups in total. The Bertz CT molecular complexity index is 661. The van der Waals surface area contributed by atoms with Crippen molar-refractivity contribution in [3.8, 4) is 0 Å². The molecule has 5 nitrogen and oxygen atoms in total. The molecule has 0 aliphatic heterocycles. The van der Waals surface area contributed by atoms with Crippen molar-refractivity contribution in [1.82, 2.24) is 4.98 Å². The van der Waals surface area contributed by atoms with Crippen molar-refractivity contribution in [2.24, 2.45) is 0 Å². The minimum absolute atomic E-state index is 0.360. The molecule has 5 heteroatoms. The lowest BCUT2D eigenvalue weighted by Gasteiger charge is -2.32. The van der Waals surface area contributed by atoms with Crippen LogP contribution in [0.5, 0.6) is 0 Å². The van der Waals surface area contributed by atoms with E-state index in [4.69, 9.17) is 4.42 Å². The molecule has 0 bridgehead atoms. The lowest BCUT2D eigenvalue weighted by atomic mass is 9.93. The third-order valence-electron chi connectivity index (χ3n) is 3.87. The van der Waals surface area contributed by atoms with E-state index in [0.29, 0.717) is 35.8 Å². The topological polar surface area (TPSA) is 66.3 Å². The Labute approximate surface area is 110 Å². The molecule has 0 radical (unpaired) electrons. The lowest BCUT2D eigenvalue weighted by Crippen LogP contribution is -2.35. The second kappa shape index (κ2) is 4.57. The van der Waals surface area contributed by atoms with Crippen molar-refractivity contribution < 1.29 is 9.21 Å². The van der Waals surface area contributed by atoms with Gasteiger partial charge in [-0.1, -0.05) is 0 Å². The molecule has 1 aromatic carbocycles. The molecule has 2 aromatic rings. The van der Waals surface area contributed by atoms with Crippen LogP contribution < -0.4 is 10.7 Å². The summed E-state index contributed by atoms with van der Waals surface area (Å²) in [5.41, 5.74) is 2.31. The van der Waals surface area contributed by atoms with E-state index in [1.54, 1.807) is 6.07 Å². The number of carbonyl (C=O) groups excluding carboxylic acids is 1. The first-order valence-electron chi connectivity index (χ1n) is 6.51. The molecule has 0 saturated heterocycles. The predicted molar refractivity (Wildman–Crippen MR) is 72.5 cm³/mol. The summed E-state index contributed by atoms with van der Waals surface area (Å²) in [5.74, 6) is -0.0719. The third kappa shape index (κ3) is 2.28. The van der Waals surface area contributed by atoms with E-state index in [1.165, 1.54) is 0 Å². The van der Waals surface area contributed by atoms with Gasteiger partial charge < -0.3 is 9.32 Å². The second-order valence-electron chi connectivity index (χ2n) is 5.08. The van der Waals surface area contributed by atoms with Crippen molar-refractivity contribution in [3.05, 3.63) is 28.7 Å². The number of fused-ring (bicyclic) bond motifs is 1. The molecular formula is C14H16N2O3. The summed E-state index contributed by atoms with van der Waals surface area (Å²) in [4.78, 5) is 27.2. The molecule has 0 unspecified atom stereocenters. The fourth-order valence-corrected chi connectivity index (χ4v) is 2.68. The molecule has 1 saturated carbocycles. The van der Waals surface area contributed by atoms with Gasteiger partial charge in [-0.3, -0.25) is 9.78 Å². The second-order valence-corrected chi connectivity index (χ2v) is 5.08. The summed E-state index contributed by atoms with van der Waals surface area (Å²) in [6.45, 7) is 0. The van der Waals surface area contributed by atoms with Gasteiger partial charge in [-0.15, -0.1) is 0 Å². The van der Waals surface area contributed by atoms with Crippen LogP contribution in [0.2, 0.25) is 0 Å². The summed E-state index contributed by atoms with van der Waals surface area (Å²) < 4.78 is 4.99. The lowest BCUT2D eigenvalue weighted by molar-refractivity contribution is -0.120. The first-order valence-corrected chi connectivity index (χ1v) is 6.51. The fourth-order valence-electron chi connectivity index (χ4n) is 2.68. The molecule has 1 heterocycles. The summed E-state index contributed by atoms with van der Waals surface area (Å²) in [6.07, 6.45) is 3.13. The van der Waals surface area contributed by atoms with Gasteiger partial charge >= 0.3 is 5.76 Å². The van der Waals surface area contributed by atoms with Crippen LogP contribution in [0.1, 0.15) is 25.7 Å². The molecule has 0 spiro atoms. The average molecular weight is 260 g/mol. The van der Waals surface area contributed by atoms with Gasteiger partial charge in [0.15, 0.2) is 5.58 Å². The minimum atomic E-state index is -0.432. The van der Waals surface area contributed by atoms with Gasteiger partial charge in [-0.25, -0.2) is 4.79 Å². The highest BCUT2D eigenvalue weighted by Crippen LogP contribution is 2.26. The predicted octanol–water partition coefficient (Wildman–Crippen LogP) is 2.07. The Morgan fingerprint density at radius 2 is 2.00 bits per heavy atom. The first kappa shape index (κ1) is 12.0. The molecular weight excluding hydrogens is 244 g/mol. The SMILES string of the molecule is CN(c1ccc2oc(=O)[nH]c2c1)C1CCC(=O)CC1. The maximum Gasteiger partial charge on any atom is 0.417 e. The van der Waals surface area contributed by atoms with Crippen LogP contribution in [-0.4, -0.2) is 23.9 Å². The van der Waals surface area contributed by atoms with Gasteiger partial charge in [0.25, 0.3) is 0 Å². The Morgan fingerprint density at radius 3 is 2.74 bits per heavy atom. The van der Waals surface area contributed by atoms with E-state index in [9.17, 15) is 9.59 Å². The van der Waals surface area contributed by atoms with Gasteiger partial charge in [-0.05, 0) is 31.0 Å². The van der Waals surface area contributed by atoms with E-state index in [2.05, 4.69) is 9.88 Å². The highest BCUT2D eigenvalue weighted by molar-refractivity contribution is 5.80. The van der Waals surface area contributed by atoms with Crippen molar-refractivity contribution >= 4 is 22.6 Å². The maximum atomic E-state index is 11.3. The highest BCUT2D eigenvalue weighted by atomic mass is 16.4. The zero-order valence-corrected chi connectivity index (χ0v) is 10.8. The number of aromatic nitrogens is 1. The van der Waals surface area contributed by atoms with E-state index in [-0.39, 0.29) is 0 Å². The van der Waals surface area contributed by atoms with Crippen LogP contribution in [0.4, 0.5) is 5.69 Å². The standard InChI is InChI=1S/C14H16N2O3/c1-16(9-2-5-11(17)6-3-9)10-4-7-13-12(8-10)15-14(18)19-13/h4,7-9H,2-3,5-6H2,1H3,(H,15,18).